The predicted molar refractivity (Wildman–Crippen MR) is 110 cm³/mol. The van der Waals surface area contributed by atoms with Gasteiger partial charge in [0.15, 0.2) is 0 Å². The van der Waals surface area contributed by atoms with Crippen LogP contribution < -0.4 is 5.32 Å². The largest absolute Gasteiger partial charge is 0.508 e. The molecule has 1 aliphatic heterocycles. The zero-order chi connectivity index (χ0) is 18.4. The molecule has 1 heterocycles. The van der Waals surface area contributed by atoms with Gasteiger partial charge in [-0.15, -0.1) is 0 Å². The smallest absolute Gasteiger partial charge is 0.118 e. The Kier molecular flexibility index (Phi) is 6.73. The van der Waals surface area contributed by atoms with Crippen molar-refractivity contribution in [3.05, 3.63) is 64.7 Å². The van der Waals surface area contributed by atoms with Gasteiger partial charge in [0.1, 0.15) is 5.75 Å². The van der Waals surface area contributed by atoms with Crippen LogP contribution in [0.1, 0.15) is 67.7 Å². The fourth-order valence-electron chi connectivity index (χ4n) is 4.26. The van der Waals surface area contributed by atoms with E-state index in [1.165, 1.54) is 30.4 Å². The van der Waals surface area contributed by atoms with Crippen LogP contribution in [-0.2, 0) is 19.4 Å². The Labute approximate surface area is 158 Å². The molecule has 2 heteroatoms. The van der Waals surface area contributed by atoms with Crippen molar-refractivity contribution < 1.29 is 5.11 Å². The highest BCUT2D eigenvalue weighted by atomic mass is 16.3. The van der Waals surface area contributed by atoms with E-state index in [4.69, 9.17) is 0 Å². The summed E-state index contributed by atoms with van der Waals surface area (Å²) in [6, 6.07) is 14.9. The summed E-state index contributed by atoms with van der Waals surface area (Å²) in [6.45, 7) is 6.83. The number of aromatic hydroxyl groups is 1. The van der Waals surface area contributed by atoms with Gasteiger partial charge in [-0.05, 0) is 78.8 Å². The standard InChI is InChI=1S/C24H33NO/c1-3-19(21-11-12-23-17-25-14-13-22(23)16-21)15-18(2)7-6-9-20-8-4-5-10-24(20)26/h4-5,8,10-12,16,18-19,25-26H,3,6-7,9,13-15,17H2,1-2H3. The van der Waals surface area contributed by atoms with Crippen molar-refractivity contribution in [2.24, 2.45) is 5.92 Å². The second kappa shape index (κ2) is 9.23. The summed E-state index contributed by atoms with van der Waals surface area (Å²) in [7, 11) is 0. The summed E-state index contributed by atoms with van der Waals surface area (Å²) in [5, 5.41) is 13.4. The fourth-order valence-corrected chi connectivity index (χ4v) is 4.26. The quantitative estimate of drug-likeness (QED) is 0.650. The second-order valence-electron chi connectivity index (χ2n) is 7.92. The number of rotatable bonds is 8. The van der Waals surface area contributed by atoms with Crippen LogP contribution in [-0.4, -0.2) is 11.7 Å². The van der Waals surface area contributed by atoms with Crippen molar-refractivity contribution in [2.75, 3.05) is 6.54 Å². The molecule has 2 N–H and O–H groups in total. The minimum absolute atomic E-state index is 0.440. The first-order valence-electron chi connectivity index (χ1n) is 10.3. The zero-order valence-electron chi connectivity index (χ0n) is 16.3. The molecule has 140 valence electrons. The minimum Gasteiger partial charge on any atom is -0.508 e. The van der Waals surface area contributed by atoms with Crippen molar-refractivity contribution >= 4 is 0 Å². The van der Waals surface area contributed by atoms with Crippen molar-refractivity contribution in [3.63, 3.8) is 0 Å². The lowest BCUT2D eigenvalue weighted by Gasteiger charge is -2.23. The van der Waals surface area contributed by atoms with Crippen molar-refractivity contribution in [2.45, 2.75) is 64.8 Å². The molecule has 0 spiro atoms. The maximum atomic E-state index is 9.90. The predicted octanol–water partition coefficient (Wildman–Crippen LogP) is 5.58. The van der Waals surface area contributed by atoms with E-state index in [1.54, 1.807) is 11.6 Å². The Hall–Kier alpha value is -1.80. The highest BCUT2D eigenvalue weighted by molar-refractivity contribution is 5.35. The van der Waals surface area contributed by atoms with E-state index in [2.05, 4.69) is 37.4 Å². The van der Waals surface area contributed by atoms with Gasteiger partial charge in [0.05, 0.1) is 0 Å². The fraction of sp³-hybridized carbons (Fsp3) is 0.500. The molecule has 3 rings (SSSR count). The third-order valence-electron chi connectivity index (χ3n) is 5.90. The van der Waals surface area contributed by atoms with E-state index in [1.807, 2.05) is 18.2 Å². The average Bonchev–Trinajstić information content (AvgIpc) is 2.67. The first kappa shape index (κ1) is 19.0. The molecule has 26 heavy (non-hydrogen) atoms. The van der Waals surface area contributed by atoms with Crippen LogP contribution in [0.4, 0.5) is 0 Å². The van der Waals surface area contributed by atoms with Crippen LogP contribution in [0.25, 0.3) is 0 Å². The van der Waals surface area contributed by atoms with Gasteiger partial charge < -0.3 is 10.4 Å². The number of hydrogen-bond acceptors (Lipinski definition) is 2. The van der Waals surface area contributed by atoms with Gasteiger partial charge >= 0.3 is 0 Å². The molecule has 0 fully saturated rings. The van der Waals surface area contributed by atoms with Gasteiger partial charge in [-0.1, -0.05) is 56.7 Å². The molecule has 0 aromatic heterocycles. The number of hydrogen-bond donors (Lipinski definition) is 2. The molecule has 2 aromatic carbocycles. The van der Waals surface area contributed by atoms with Crippen molar-refractivity contribution in [1.29, 1.82) is 0 Å². The molecule has 0 saturated heterocycles. The molecule has 0 aliphatic carbocycles. The molecule has 2 nitrogen and oxygen atoms in total. The molecular weight excluding hydrogens is 318 g/mol. The maximum Gasteiger partial charge on any atom is 0.118 e. The van der Waals surface area contributed by atoms with Gasteiger partial charge in [0.25, 0.3) is 0 Å². The average molecular weight is 352 g/mol. The molecule has 1 aliphatic rings. The van der Waals surface area contributed by atoms with Crippen LogP contribution in [0.3, 0.4) is 0 Å². The Balaban J connectivity index is 1.53. The Morgan fingerprint density at radius 1 is 1.12 bits per heavy atom. The van der Waals surface area contributed by atoms with Crippen LogP contribution in [0.2, 0.25) is 0 Å². The van der Waals surface area contributed by atoms with E-state index in [0.29, 0.717) is 17.6 Å². The van der Waals surface area contributed by atoms with E-state index in [9.17, 15) is 5.11 Å². The molecule has 0 amide bonds. The van der Waals surface area contributed by atoms with Crippen LogP contribution in [0.15, 0.2) is 42.5 Å². The van der Waals surface area contributed by atoms with Gasteiger partial charge in [0.2, 0.25) is 0 Å². The van der Waals surface area contributed by atoms with Crippen LogP contribution >= 0.6 is 0 Å². The molecule has 2 unspecified atom stereocenters. The highest BCUT2D eigenvalue weighted by Gasteiger charge is 2.16. The number of nitrogens with one attached hydrogen (secondary N) is 1. The first-order valence-corrected chi connectivity index (χ1v) is 10.3. The SMILES string of the molecule is CCC(CC(C)CCCc1ccccc1O)c1ccc2c(c1)CCNC2. The lowest BCUT2D eigenvalue weighted by atomic mass is 9.83. The van der Waals surface area contributed by atoms with Crippen LogP contribution in [0, 0.1) is 5.92 Å². The summed E-state index contributed by atoms with van der Waals surface area (Å²) in [5.41, 5.74) is 5.63. The van der Waals surface area contributed by atoms with Gasteiger partial charge in [-0.2, -0.15) is 0 Å². The van der Waals surface area contributed by atoms with Crippen molar-refractivity contribution in [1.82, 2.24) is 5.32 Å². The van der Waals surface area contributed by atoms with Crippen molar-refractivity contribution in [3.8, 4) is 5.75 Å². The third kappa shape index (κ3) is 4.88. The lowest BCUT2D eigenvalue weighted by molar-refractivity contribution is 0.418. The Bertz CT molecular complexity index is 709. The van der Waals surface area contributed by atoms with Gasteiger partial charge in [0, 0.05) is 6.54 Å². The minimum atomic E-state index is 0.440. The normalized spacial score (nSPS) is 16.1. The number of aryl methyl sites for hydroxylation is 1. The first-order chi connectivity index (χ1) is 12.7. The summed E-state index contributed by atoms with van der Waals surface area (Å²) in [6.07, 6.45) is 6.97. The zero-order valence-corrected chi connectivity index (χ0v) is 16.3. The number of fused-ring (bicyclic) bond motifs is 1. The van der Waals surface area contributed by atoms with E-state index < -0.39 is 0 Å². The monoisotopic (exact) mass is 351 g/mol. The molecule has 2 atom stereocenters. The summed E-state index contributed by atoms with van der Waals surface area (Å²) < 4.78 is 0. The number of para-hydroxylation sites is 1. The molecule has 0 radical (unpaired) electrons. The second-order valence-corrected chi connectivity index (χ2v) is 7.92. The third-order valence-corrected chi connectivity index (χ3v) is 5.90. The van der Waals surface area contributed by atoms with Crippen LogP contribution in [0.5, 0.6) is 5.75 Å². The highest BCUT2D eigenvalue weighted by Crippen LogP contribution is 2.31. The Morgan fingerprint density at radius 2 is 1.96 bits per heavy atom. The van der Waals surface area contributed by atoms with E-state index in [-0.39, 0.29) is 0 Å². The topological polar surface area (TPSA) is 32.3 Å². The molecule has 0 saturated carbocycles. The molecule has 2 aromatic rings. The number of phenolic OH excluding ortho intramolecular Hbond substituents is 1. The summed E-state index contributed by atoms with van der Waals surface area (Å²) in [4.78, 5) is 0. The van der Waals surface area contributed by atoms with Gasteiger partial charge in [-0.3, -0.25) is 0 Å². The number of benzene rings is 2. The summed E-state index contributed by atoms with van der Waals surface area (Å²) in [5.74, 6) is 1.81. The number of phenols is 1. The Morgan fingerprint density at radius 3 is 2.77 bits per heavy atom. The molecular formula is C24H33NO. The maximum absolute atomic E-state index is 9.90. The van der Waals surface area contributed by atoms with Gasteiger partial charge in [-0.25, -0.2) is 0 Å². The summed E-state index contributed by atoms with van der Waals surface area (Å²) >= 11 is 0. The van der Waals surface area contributed by atoms with E-state index in [0.717, 1.165) is 37.9 Å². The molecule has 0 bridgehead atoms. The van der Waals surface area contributed by atoms with E-state index >= 15 is 0 Å². The lowest BCUT2D eigenvalue weighted by Crippen LogP contribution is -2.23.